The molecule has 3 rings (SSSR count). The minimum atomic E-state index is -4.77. The van der Waals surface area contributed by atoms with Gasteiger partial charge >= 0.3 is 12.4 Å². The van der Waals surface area contributed by atoms with E-state index in [0.29, 0.717) is 18.0 Å². The third kappa shape index (κ3) is 5.26. The van der Waals surface area contributed by atoms with Crippen molar-refractivity contribution in [3.63, 3.8) is 0 Å². The van der Waals surface area contributed by atoms with E-state index in [0.717, 1.165) is 6.07 Å². The number of piperazine rings is 1. The van der Waals surface area contributed by atoms with Crippen molar-refractivity contribution in [1.29, 1.82) is 0 Å². The van der Waals surface area contributed by atoms with Gasteiger partial charge in [-0.2, -0.15) is 26.3 Å². The highest BCUT2D eigenvalue weighted by molar-refractivity contribution is 7.99. The molecule has 31 heavy (non-hydrogen) atoms. The minimum Gasteiger partial charge on any atom is -0.352 e. The van der Waals surface area contributed by atoms with E-state index in [4.69, 9.17) is 17.4 Å². The molecule has 1 saturated heterocycles. The number of anilines is 1. The van der Waals surface area contributed by atoms with Crippen LogP contribution in [-0.2, 0) is 17.1 Å². The zero-order chi connectivity index (χ0) is 23.0. The highest BCUT2D eigenvalue weighted by Crippen LogP contribution is 2.34. The molecule has 0 aliphatic carbocycles. The van der Waals surface area contributed by atoms with E-state index in [9.17, 15) is 31.1 Å². The van der Waals surface area contributed by atoms with Crippen LogP contribution >= 0.6 is 23.4 Å². The second-order valence-corrected chi connectivity index (χ2v) is 7.71. The number of thioether (sulfide) groups is 1. The largest absolute Gasteiger partial charge is 0.453 e. The first kappa shape index (κ1) is 23.2. The summed E-state index contributed by atoms with van der Waals surface area (Å²) in [6.07, 6.45) is -8.64. The smallest absolute Gasteiger partial charge is 0.352 e. The SMILES string of the molecule is Nn1c(SCC(=O)N2CCN(c3ncc(C(F)(F)F)cc3Cl)CC2)nnc1C(F)(F)F. The zero-order valence-electron chi connectivity index (χ0n) is 15.4. The van der Waals surface area contributed by atoms with E-state index in [1.807, 2.05) is 0 Å². The molecule has 2 N–H and O–H groups in total. The van der Waals surface area contributed by atoms with Crippen LogP contribution in [0.5, 0.6) is 0 Å². The Bertz CT molecular complexity index is 958. The van der Waals surface area contributed by atoms with Crippen molar-refractivity contribution in [3.8, 4) is 0 Å². The van der Waals surface area contributed by atoms with Gasteiger partial charge in [-0.15, -0.1) is 10.2 Å². The average molecular weight is 490 g/mol. The number of alkyl halides is 6. The molecule has 0 atom stereocenters. The molecular weight excluding hydrogens is 476 g/mol. The first-order valence-corrected chi connectivity index (χ1v) is 9.90. The third-order valence-electron chi connectivity index (χ3n) is 4.32. The first-order valence-electron chi connectivity index (χ1n) is 8.54. The van der Waals surface area contributed by atoms with Crippen LogP contribution in [0.3, 0.4) is 0 Å². The Labute approximate surface area is 180 Å². The number of nitrogens with two attached hydrogens (primary N) is 1. The summed E-state index contributed by atoms with van der Waals surface area (Å²) in [4.78, 5) is 19.2. The second-order valence-electron chi connectivity index (χ2n) is 6.36. The standard InChI is InChI=1S/C15H14ClF6N7OS/c16-9-5-8(14(17,18)19)6-24-11(9)28-3-1-27(2-4-28)10(30)7-31-13-26-25-12(29(13)23)15(20,21)22/h5-6H,1-4,7,23H2. The highest BCUT2D eigenvalue weighted by atomic mass is 35.5. The van der Waals surface area contributed by atoms with Gasteiger partial charge in [0.05, 0.1) is 16.3 Å². The van der Waals surface area contributed by atoms with Crippen LogP contribution in [0.1, 0.15) is 11.4 Å². The van der Waals surface area contributed by atoms with E-state index in [1.54, 1.807) is 4.90 Å². The quantitative estimate of drug-likeness (QED) is 0.401. The monoisotopic (exact) mass is 489 g/mol. The van der Waals surface area contributed by atoms with Crippen molar-refractivity contribution in [2.45, 2.75) is 17.5 Å². The molecule has 1 amide bonds. The lowest BCUT2D eigenvalue weighted by Gasteiger charge is -2.35. The maximum Gasteiger partial charge on any atom is 0.453 e. The third-order valence-corrected chi connectivity index (χ3v) is 5.53. The van der Waals surface area contributed by atoms with Gasteiger partial charge < -0.3 is 15.6 Å². The molecule has 1 aliphatic rings. The van der Waals surface area contributed by atoms with Gasteiger partial charge in [0.2, 0.25) is 11.1 Å². The molecule has 8 nitrogen and oxygen atoms in total. The van der Waals surface area contributed by atoms with Crippen LogP contribution < -0.4 is 10.7 Å². The number of nitrogen functional groups attached to an aromatic ring is 1. The van der Waals surface area contributed by atoms with Gasteiger partial charge in [0.25, 0.3) is 5.82 Å². The van der Waals surface area contributed by atoms with Gasteiger partial charge in [0.15, 0.2) is 0 Å². The number of amides is 1. The van der Waals surface area contributed by atoms with E-state index in [1.165, 1.54) is 4.90 Å². The Hall–Kier alpha value is -2.42. The Morgan fingerprint density at radius 3 is 2.26 bits per heavy atom. The Morgan fingerprint density at radius 1 is 1.10 bits per heavy atom. The molecule has 2 aromatic heterocycles. The van der Waals surface area contributed by atoms with E-state index in [-0.39, 0.29) is 58.5 Å². The summed E-state index contributed by atoms with van der Waals surface area (Å²) in [5, 5.41) is 5.88. The van der Waals surface area contributed by atoms with Crippen LogP contribution in [0.2, 0.25) is 5.02 Å². The van der Waals surface area contributed by atoms with Crippen LogP contribution in [0, 0.1) is 0 Å². The topological polar surface area (TPSA) is 93.2 Å². The van der Waals surface area contributed by atoms with E-state index < -0.39 is 23.7 Å². The predicted molar refractivity (Wildman–Crippen MR) is 98.9 cm³/mol. The Morgan fingerprint density at radius 2 is 1.74 bits per heavy atom. The lowest BCUT2D eigenvalue weighted by molar-refractivity contribution is -0.146. The summed E-state index contributed by atoms with van der Waals surface area (Å²) in [5.74, 6) is 3.53. The molecule has 2 aromatic rings. The summed E-state index contributed by atoms with van der Waals surface area (Å²) in [6.45, 7) is 0.975. The van der Waals surface area contributed by atoms with Crippen LogP contribution in [0.4, 0.5) is 32.2 Å². The van der Waals surface area contributed by atoms with Gasteiger partial charge in [-0.1, -0.05) is 23.4 Å². The number of hydrogen-bond acceptors (Lipinski definition) is 7. The molecular formula is C15H14ClF6N7OS. The van der Waals surface area contributed by atoms with Crippen molar-refractivity contribution in [2.24, 2.45) is 0 Å². The van der Waals surface area contributed by atoms with Crippen molar-refractivity contribution >= 4 is 35.1 Å². The second kappa shape index (κ2) is 8.61. The van der Waals surface area contributed by atoms with Crippen LogP contribution in [0.25, 0.3) is 0 Å². The van der Waals surface area contributed by atoms with Gasteiger partial charge in [-0.05, 0) is 6.07 Å². The van der Waals surface area contributed by atoms with Crippen LogP contribution in [0.15, 0.2) is 17.4 Å². The highest BCUT2D eigenvalue weighted by Gasteiger charge is 2.38. The molecule has 0 saturated carbocycles. The molecule has 170 valence electrons. The molecule has 3 heterocycles. The predicted octanol–water partition coefficient (Wildman–Crippen LogP) is 2.52. The Balaban J connectivity index is 1.55. The number of aromatic nitrogens is 4. The molecule has 0 spiro atoms. The fourth-order valence-electron chi connectivity index (χ4n) is 2.77. The summed E-state index contributed by atoms with van der Waals surface area (Å²) in [7, 11) is 0. The van der Waals surface area contributed by atoms with Crippen molar-refractivity contribution in [2.75, 3.05) is 42.7 Å². The number of rotatable bonds is 4. The number of nitrogens with zero attached hydrogens (tertiary/aromatic N) is 6. The summed E-state index contributed by atoms with van der Waals surface area (Å²) in [5.41, 5.74) is -0.964. The van der Waals surface area contributed by atoms with Crippen molar-refractivity contribution < 1.29 is 31.1 Å². The normalized spacial score (nSPS) is 15.5. The van der Waals surface area contributed by atoms with Crippen molar-refractivity contribution in [1.82, 2.24) is 24.8 Å². The number of carbonyl (C=O) groups excluding carboxylic acids is 1. The number of pyridine rings is 1. The summed E-state index contributed by atoms with van der Waals surface area (Å²) < 4.78 is 76.5. The minimum absolute atomic E-state index is 0.159. The molecule has 1 aliphatic heterocycles. The van der Waals surface area contributed by atoms with Crippen LogP contribution in [-0.4, -0.2) is 62.6 Å². The van der Waals surface area contributed by atoms with Gasteiger partial charge in [-0.25, -0.2) is 9.66 Å². The number of halogens is 7. The van der Waals surface area contributed by atoms with E-state index in [2.05, 4.69) is 15.2 Å². The summed E-state index contributed by atoms with van der Waals surface area (Å²) in [6, 6.07) is 0.788. The number of hydrogen-bond donors (Lipinski definition) is 1. The zero-order valence-corrected chi connectivity index (χ0v) is 17.0. The van der Waals surface area contributed by atoms with Gasteiger partial charge in [0.1, 0.15) is 5.82 Å². The molecule has 0 bridgehead atoms. The lowest BCUT2D eigenvalue weighted by Crippen LogP contribution is -2.49. The first-order chi connectivity index (χ1) is 14.4. The Kier molecular flexibility index (Phi) is 6.45. The molecule has 1 fully saturated rings. The average Bonchev–Trinajstić information content (AvgIpc) is 3.06. The molecule has 0 radical (unpaired) electrons. The fraction of sp³-hybridized carbons (Fsp3) is 0.467. The lowest BCUT2D eigenvalue weighted by atomic mass is 10.2. The number of carbonyl (C=O) groups is 1. The maximum absolute atomic E-state index is 12.7. The van der Waals surface area contributed by atoms with Gasteiger partial charge in [-0.3, -0.25) is 4.79 Å². The summed E-state index contributed by atoms with van der Waals surface area (Å²) >= 11 is 6.65. The maximum atomic E-state index is 12.7. The molecule has 0 aromatic carbocycles. The fourth-order valence-corrected chi connectivity index (χ4v) is 3.82. The molecule has 16 heteroatoms. The van der Waals surface area contributed by atoms with Crippen molar-refractivity contribution in [3.05, 3.63) is 28.7 Å². The van der Waals surface area contributed by atoms with Gasteiger partial charge in [0, 0.05) is 32.4 Å². The molecule has 0 unspecified atom stereocenters. The van der Waals surface area contributed by atoms with E-state index >= 15 is 0 Å².